The molecule has 0 atom stereocenters. The summed E-state index contributed by atoms with van der Waals surface area (Å²) in [6.07, 6.45) is 10.0. The summed E-state index contributed by atoms with van der Waals surface area (Å²) in [6.45, 7) is 42.2. The Labute approximate surface area is 366 Å². The predicted octanol–water partition coefficient (Wildman–Crippen LogP) is 6.92. The molecule has 3 N–H and O–H groups in total. The zero-order valence-corrected chi connectivity index (χ0v) is 41.1. The van der Waals surface area contributed by atoms with Gasteiger partial charge in [0.05, 0.1) is 0 Å². The second kappa shape index (κ2) is 21.6. The first kappa shape index (κ1) is 50.7. The third-order valence-electron chi connectivity index (χ3n) is 11.1. The highest BCUT2D eigenvalue weighted by Crippen LogP contribution is 2.27. The Morgan fingerprint density at radius 3 is 0.883 bits per heavy atom. The molecule has 0 unspecified atom stereocenters. The largest absolute Gasteiger partial charge is 0.339 e. The number of hydroxylamine groups is 6. The Hall–Kier alpha value is -1.95. The molecule has 0 bridgehead atoms. The van der Waals surface area contributed by atoms with Crippen molar-refractivity contribution in [1.82, 2.24) is 46.1 Å². The van der Waals surface area contributed by atoms with Crippen molar-refractivity contribution >= 4 is 17.8 Å². The average molecular weight is 847 g/mol. The zero-order valence-electron chi connectivity index (χ0n) is 41.1. The van der Waals surface area contributed by atoms with E-state index in [0.717, 1.165) is 154 Å². The van der Waals surface area contributed by atoms with Crippen molar-refractivity contribution in [2.24, 2.45) is 0 Å². The van der Waals surface area contributed by atoms with Gasteiger partial charge in [-0.25, -0.2) is 0 Å². The molecule has 1 aromatic rings. The highest BCUT2D eigenvalue weighted by atomic mass is 16.7. The summed E-state index contributed by atoms with van der Waals surface area (Å²) in [5, 5.41) is 17.3. The van der Waals surface area contributed by atoms with E-state index in [1.54, 1.807) is 0 Å². The van der Waals surface area contributed by atoms with E-state index in [2.05, 4.69) is 150 Å². The average Bonchev–Trinajstić information content (AvgIpc) is 3.08. The maximum Gasteiger partial charge on any atom is 0.232 e. The van der Waals surface area contributed by atoms with Gasteiger partial charge in [0, 0.05) is 95.2 Å². The van der Waals surface area contributed by atoms with Crippen LogP contribution < -0.4 is 30.7 Å². The summed E-state index contributed by atoms with van der Waals surface area (Å²) >= 11 is 0. The van der Waals surface area contributed by atoms with E-state index in [1.165, 1.54) is 0 Å². The molecular weight excluding hydrogens is 757 g/mol. The molecule has 0 spiro atoms. The van der Waals surface area contributed by atoms with Crippen LogP contribution in [0.25, 0.3) is 0 Å². The topological polar surface area (TPSA) is 122 Å². The van der Waals surface area contributed by atoms with Crippen LogP contribution >= 0.6 is 0 Å². The van der Waals surface area contributed by atoms with Crippen LogP contribution in [0.1, 0.15) is 162 Å². The summed E-state index contributed by atoms with van der Waals surface area (Å²) < 4.78 is 0. The van der Waals surface area contributed by atoms with Crippen molar-refractivity contribution in [2.75, 3.05) is 93.2 Å². The Morgan fingerprint density at radius 2 is 0.667 bits per heavy atom. The van der Waals surface area contributed by atoms with Crippen LogP contribution in [0.3, 0.4) is 0 Å². The number of hydrogen-bond donors (Lipinski definition) is 3. The van der Waals surface area contributed by atoms with Gasteiger partial charge >= 0.3 is 0 Å². The van der Waals surface area contributed by atoms with Gasteiger partial charge in [-0.05, 0) is 102 Å². The van der Waals surface area contributed by atoms with Crippen LogP contribution in [-0.2, 0) is 14.5 Å². The minimum Gasteiger partial charge on any atom is -0.339 e. The lowest BCUT2D eigenvalue weighted by Crippen LogP contribution is -2.66. The molecule has 348 valence electrons. The molecule has 1 aromatic heterocycles. The van der Waals surface area contributed by atoms with Gasteiger partial charge in [0.2, 0.25) is 17.8 Å². The van der Waals surface area contributed by atoms with Gasteiger partial charge in [-0.15, -0.1) is 0 Å². The maximum absolute atomic E-state index is 6.48. The summed E-state index contributed by atoms with van der Waals surface area (Å²) in [5.74, 6) is 2.21. The lowest BCUT2D eigenvalue weighted by atomic mass is 10.0. The van der Waals surface area contributed by atoms with E-state index >= 15 is 0 Å². The summed E-state index contributed by atoms with van der Waals surface area (Å²) in [5.41, 5.74) is -1.64. The van der Waals surface area contributed by atoms with E-state index in [9.17, 15) is 0 Å². The Balaban J connectivity index is 1.75. The van der Waals surface area contributed by atoms with Crippen LogP contribution in [0.2, 0.25) is 0 Å². The van der Waals surface area contributed by atoms with Gasteiger partial charge in [0.25, 0.3) is 0 Å². The Bertz CT molecular complexity index is 1210. The van der Waals surface area contributed by atoms with Gasteiger partial charge < -0.3 is 14.7 Å². The standard InChI is InChI=1S/C45H90N12O3/c1-16-19-22-25-52(28-31-55-34-40(4,5)49-43(10,11)58-55)37-46-38(53(26-23-20-17-2)29-32-56-35-41(6,7)50-44(12,13)59-56)48-39(47-37)54(27-24-21-18-3)30-33-57-36-42(8,9)51-45(14,15)60-57/h49-51H,16-36H2,1-15H3. The van der Waals surface area contributed by atoms with Crippen LogP contribution in [0, 0.1) is 0 Å². The number of aromatic nitrogens is 3. The van der Waals surface area contributed by atoms with Gasteiger partial charge in [-0.2, -0.15) is 30.1 Å². The number of rotatable bonds is 24. The number of anilines is 3. The lowest BCUT2D eigenvalue weighted by Gasteiger charge is -2.47. The fourth-order valence-corrected chi connectivity index (χ4v) is 9.45. The number of nitrogens with zero attached hydrogens (tertiary/aromatic N) is 9. The second-order valence-electron chi connectivity index (χ2n) is 21.2. The van der Waals surface area contributed by atoms with Crippen LogP contribution in [-0.4, -0.2) is 142 Å². The SMILES string of the molecule is CCCCCN(CCN1CC(C)(C)NC(C)(C)O1)c1nc(N(CCCCC)CCN2CC(C)(C)NC(C)(C)O2)nc(N(CCCCC)CCN2CC(C)(C)NC(C)(C)O2)n1. The van der Waals surface area contributed by atoms with Gasteiger partial charge in [0.15, 0.2) is 0 Å². The summed E-state index contributed by atoms with van der Waals surface area (Å²) in [7, 11) is 0. The third kappa shape index (κ3) is 17.0. The first-order valence-corrected chi connectivity index (χ1v) is 23.6. The van der Waals surface area contributed by atoms with Crippen molar-refractivity contribution in [3.05, 3.63) is 0 Å². The predicted molar refractivity (Wildman–Crippen MR) is 247 cm³/mol. The monoisotopic (exact) mass is 847 g/mol. The van der Waals surface area contributed by atoms with Crippen LogP contribution in [0.4, 0.5) is 17.8 Å². The molecule has 0 saturated carbocycles. The first-order chi connectivity index (χ1) is 27.9. The van der Waals surface area contributed by atoms with Crippen molar-refractivity contribution in [3.8, 4) is 0 Å². The highest BCUT2D eigenvalue weighted by molar-refractivity contribution is 5.47. The third-order valence-corrected chi connectivity index (χ3v) is 11.1. The van der Waals surface area contributed by atoms with E-state index in [4.69, 9.17) is 29.5 Å². The Kier molecular flexibility index (Phi) is 18.3. The van der Waals surface area contributed by atoms with Crippen LogP contribution in [0.15, 0.2) is 0 Å². The molecule has 4 heterocycles. The number of nitrogens with one attached hydrogen (secondary N) is 3. The minimum absolute atomic E-state index is 0.0859. The van der Waals surface area contributed by atoms with E-state index in [0.29, 0.717) is 0 Å². The molecular formula is C45H90N12O3. The molecule has 15 heteroatoms. The van der Waals surface area contributed by atoms with Gasteiger partial charge in [-0.1, -0.05) is 59.3 Å². The van der Waals surface area contributed by atoms with Crippen molar-refractivity contribution in [2.45, 2.75) is 195 Å². The lowest BCUT2D eigenvalue weighted by molar-refractivity contribution is -0.286. The molecule has 4 rings (SSSR count). The zero-order chi connectivity index (χ0) is 44.4. The normalized spacial score (nSPS) is 22.4. The van der Waals surface area contributed by atoms with Crippen molar-refractivity contribution in [3.63, 3.8) is 0 Å². The van der Waals surface area contributed by atoms with Gasteiger partial charge in [-0.3, -0.25) is 30.5 Å². The molecule has 0 amide bonds. The molecule has 3 saturated heterocycles. The quantitative estimate of drug-likeness (QED) is 0.0934. The summed E-state index contributed by atoms with van der Waals surface area (Å²) in [6, 6.07) is 0. The second-order valence-corrected chi connectivity index (χ2v) is 21.2. The molecule has 0 aromatic carbocycles. The van der Waals surface area contributed by atoms with E-state index in [1.807, 2.05) is 0 Å². The fourth-order valence-electron chi connectivity index (χ4n) is 9.45. The molecule has 3 fully saturated rings. The number of unbranched alkanes of at least 4 members (excludes halogenated alkanes) is 6. The first-order valence-electron chi connectivity index (χ1n) is 23.6. The minimum atomic E-state index is -0.461. The number of hydrogen-bond acceptors (Lipinski definition) is 15. The molecule has 60 heavy (non-hydrogen) atoms. The van der Waals surface area contributed by atoms with E-state index in [-0.39, 0.29) is 16.6 Å². The van der Waals surface area contributed by atoms with Crippen molar-refractivity contribution < 1.29 is 14.5 Å². The highest BCUT2D eigenvalue weighted by Gasteiger charge is 2.40. The van der Waals surface area contributed by atoms with Gasteiger partial charge in [0.1, 0.15) is 17.2 Å². The Morgan fingerprint density at radius 1 is 0.417 bits per heavy atom. The smallest absolute Gasteiger partial charge is 0.232 e. The van der Waals surface area contributed by atoms with E-state index < -0.39 is 17.2 Å². The van der Waals surface area contributed by atoms with Crippen molar-refractivity contribution in [1.29, 1.82) is 0 Å². The molecule has 0 radical (unpaired) electrons. The molecule has 15 nitrogen and oxygen atoms in total. The molecule has 3 aliphatic heterocycles. The molecule has 0 aliphatic carbocycles. The fraction of sp³-hybridized carbons (Fsp3) is 0.933. The van der Waals surface area contributed by atoms with Crippen LogP contribution in [0.5, 0.6) is 0 Å². The summed E-state index contributed by atoms with van der Waals surface area (Å²) in [4.78, 5) is 42.8. The maximum atomic E-state index is 6.48. The molecule has 3 aliphatic rings.